The smallest absolute Gasteiger partial charge is 0.101 e. The van der Waals surface area contributed by atoms with Crippen LogP contribution in [0.2, 0.25) is 0 Å². The maximum absolute atomic E-state index is 12.7. The second-order valence-corrected chi connectivity index (χ2v) is 3.71. The summed E-state index contributed by atoms with van der Waals surface area (Å²) in [6, 6.07) is 0. The van der Waals surface area contributed by atoms with Crippen LogP contribution in [0.5, 0.6) is 0 Å². The molecule has 2 aliphatic rings. The molecule has 0 aromatic carbocycles. The van der Waals surface area contributed by atoms with E-state index in [1.165, 1.54) is 0 Å². The maximum atomic E-state index is 12.7. The number of halogens is 1. The molecule has 0 bridgehead atoms. The van der Waals surface area contributed by atoms with Crippen LogP contribution in [0, 0.1) is 11.8 Å². The molecule has 2 saturated carbocycles. The average Bonchev–Trinajstić information content (AvgIpc) is 2.21. The molecule has 1 N–H and O–H groups in total. The Morgan fingerprint density at radius 1 is 1.00 bits per heavy atom. The maximum Gasteiger partial charge on any atom is 0.101 e. The summed E-state index contributed by atoms with van der Waals surface area (Å²) in [5, 5.41) is 9.20. The van der Waals surface area contributed by atoms with E-state index in [4.69, 9.17) is 0 Å². The fraction of sp³-hybridized carbons (Fsp3) is 1.00. The number of aliphatic hydroxyl groups is 1. The molecule has 0 spiro atoms. The molecule has 2 rings (SSSR count). The molecule has 0 aliphatic heterocycles. The SMILES string of the molecule is OC1C[C@@H]2CC(F)C[C@@H]2C1. The lowest BCUT2D eigenvalue weighted by molar-refractivity contribution is 0.165. The van der Waals surface area contributed by atoms with Crippen LogP contribution in [-0.4, -0.2) is 17.4 Å². The van der Waals surface area contributed by atoms with Gasteiger partial charge in [-0.3, -0.25) is 0 Å². The summed E-state index contributed by atoms with van der Waals surface area (Å²) in [7, 11) is 0. The topological polar surface area (TPSA) is 20.2 Å². The first-order valence-electron chi connectivity index (χ1n) is 4.08. The molecule has 10 heavy (non-hydrogen) atoms. The lowest BCUT2D eigenvalue weighted by atomic mass is 10.0. The zero-order valence-corrected chi connectivity index (χ0v) is 5.96. The van der Waals surface area contributed by atoms with Crippen LogP contribution in [0.25, 0.3) is 0 Å². The first kappa shape index (κ1) is 6.59. The standard InChI is InChI=1S/C8H13FO/c9-7-1-5-3-8(10)4-6(5)2-7/h5-8,10H,1-4H2/t5-,6+,7?,8?. The zero-order valence-electron chi connectivity index (χ0n) is 5.96. The molecule has 2 unspecified atom stereocenters. The molecule has 0 amide bonds. The van der Waals surface area contributed by atoms with E-state index in [0.717, 1.165) is 12.8 Å². The Labute approximate surface area is 60.2 Å². The van der Waals surface area contributed by atoms with Gasteiger partial charge in [-0.05, 0) is 37.5 Å². The second-order valence-electron chi connectivity index (χ2n) is 3.71. The first-order valence-corrected chi connectivity index (χ1v) is 4.08. The van der Waals surface area contributed by atoms with Crippen molar-refractivity contribution < 1.29 is 9.50 Å². The molecule has 2 aliphatic carbocycles. The molecule has 4 atom stereocenters. The van der Waals surface area contributed by atoms with Crippen molar-refractivity contribution >= 4 is 0 Å². The Kier molecular flexibility index (Phi) is 1.44. The van der Waals surface area contributed by atoms with Crippen molar-refractivity contribution in [3.8, 4) is 0 Å². The lowest BCUT2D eigenvalue weighted by Gasteiger charge is -2.03. The molecular formula is C8H13FO. The lowest BCUT2D eigenvalue weighted by Crippen LogP contribution is -2.03. The van der Waals surface area contributed by atoms with Crippen LogP contribution < -0.4 is 0 Å². The van der Waals surface area contributed by atoms with Crippen molar-refractivity contribution in [1.29, 1.82) is 0 Å². The van der Waals surface area contributed by atoms with Crippen molar-refractivity contribution in [2.45, 2.75) is 38.0 Å². The van der Waals surface area contributed by atoms with E-state index in [9.17, 15) is 9.50 Å². The van der Waals surface area contributed by atoms with Gasteiger partial charge in [0.1, 0.15) is 6.17 Å². The molecule has 0 heterocycles. The molecule has 58 valence electrons. The van der Waals surface area contributed by atoms with Crippen LogP contribution in [0.15, 0.2) is 0 Å². The highest BCUT2D eigenvalue weighted by atomic mass is 19.1. The number of alkyl halides is 1. The highest BCUT2D eigenvalue weighted by molar-refractivity contribution is 4.91. The Bertz CT molecular complexity index is 109. The third-order valence-electron chi connectivity index (χ3n) is 2.93. The van der Waals surface area contributed by atoms with Crippen LogP contribution >= 0.6 is 0 Å². The predicted octanol–water partition coefficient (Wildman–Crippen LogP) is 1.51. The minimum absolute atomic E-state index is 0.123. The molecule has 2 fully saturated rings. The summed E-state index contributed by atoms with van der Waals surface area (Å²) in [5.41, 5.74) is 0. The van der Waals surface area contributed by atoms with Gasteiger partial charge in [-0.25, -0.2) is 4.39 Å². The Morgan fingerprint density at radius 3 is 2.00 bits per heavy atom. The van der Waals surface area contributed by atoms with Gasteiger partial charge in [0.15, 0.2) is 0 Å². The molecule has 2 heteroatoms. The van der Waals surface area contributed by atoms with Crippen molar-refractivity contribution in [1.82, 2.24) is 0 Å². The minimum Gasteiger partial charge on any atom is -0.393 e. The summed E-state index contributed by atoms with van der Waals surface area (Å²) >= 11 is 0. The van der Waals surface area contributed by atoms with Crippen molar-refractivity contribution in [2.24, 2.45) is 11.8 Å². The van der Waals surface area contributed by atoms with E-state index in [1.54, 1.807) is 0 Å². The highest BCUT2D eigenvalue weighted by Crippen LogP contribution is 2.44. The Morgan fingerprint density at radius 2 is 1.50 bits per heavy atom. The van der Waals surface area contributed by atoms with Gasteiger partial charge >= 0.3 is 0 Å². The minimum atomic E-state index is -0.567. The monoisotopic (exact) mass is 144 g/mol. The number of fused-ring (bicyclic) bond motifs is 1. The van der Waals surface area contributed by atoms with E-state index >= 15 is 0 Å². The normalized spacial score (nSPS) is 53.4. The molecular weight excluding hydrogens is 131 g/mol. The zero-order chi connectivity index (χ0) is 7.14. The predicted molar refractivity (Wildman–Crippen MR) is 36.4 cm³/mol. The van der Waals surface area contributed by atoms with Gasteiger partial charge in [-0.2, -0.15) is 0 Å². The third kappa shape index (κ3) is 0.947. The number of rotatable bonds is 0. The summed E-state index contributed by atoms with van der Waals surface area (Å²) in [6.07, 6.45) is 2.43. The first-order chi connectivity index (χ1) is 4.75. The van der Waals surface area contributed by atoms with Crippen LogP contribution in [0.4, 0.5) is 4.39 Å². The van der Waals surface area contributed by atoms with Gasteiger partial charge in [0.25, 0.3) is 0 Å². The highest BCUT2D eigenvalue weighted by Gasteiger charge is 2.40. The summed E-state index contributed by atoms with van der Waals surface area (Å²) in [4.78, 5) is 0. The van der Waals surface area contributed by atoms with Crippen molar-refractivity contribution in [3.63, 3.8) is 0 Å². The molecule has 0 aromatic heterocycles. The second kappa shape index (κ2) is 2.19. The fourth-order valence-corrected chi connectivity index (χ4v) is 2.51. The molecule has 0 aromatic rings. The summed E-state index contributed by atoms with van der Waals surface area (Å²) in [6.45, 7) is 0. The van der Waals surface area contributed by atoms with Crippen molar-refractivity contribution in [2.75, 3.05) is 0 Å². The van der Waals surface area contributed by atoms with E-state index in [1.807, 2.05) is 0 Å². The average molecular weight is 144 g/mol. The van der Waals surface area contributed by atoms with Crippen LogP contribution in [-0.2, 0) is 0 Å². The summed E-state index contributed by atoms with van der Waals surface area (Å²) in [5.74, 6) is 1.01. The van der Waals surface area contributed by atoms with E-state index in [-0.39, 0.29) is 6.10 Å². The van der Waals surface area contributed by atoms with Crippen LogP contribution in [0.1, 0.15) is 25.7 Å². The van der Waals surface area contributed by atoms with E-state index in [2.05, 4.69) is 0 Å². The molecule has 0 radical (unpaired) electrons. The summed E-state index contributed by atoms with van der Waals surface area (Å²) < 4.78 is 12.7. The van der Waals surface area contributed by atoms with Crippen molar-refractivity contribution in [3.05, 3.63) is 0 Å². The quantitative estimate of drug-likeness (QED) is 0.546. The van der Waals surface area contributed by atoms with E-state index in [0.29, 0.717) is 24.7 Å². The molecule has 0 saturated heterocycles. The number of hydrogen-bond acceptors (Lipinski definition) is 1. The Balaban J connectivity index is 2.00. The van der Waals surface area contributed by atoms with Gasteiger partial charge < -0.3 is 5.11 Å². The van der Waals surface area contributed by atoms with Gasteiger partial charge in [0.05, 0.1) is 6.10 Å². The van der Waals surface area contributed by atoms with Crippen LogP contribution in [0.3, 0.4) is 0 Å². The van der Waals surface area contributed by atoms with Gasteiger partial charge in [0.2, 0.25) is 0 Å². The van der Waals surface area contributed by atoms with Gasteiger partial charge in [-0.1, -0.05) is 0 Å². The number of hydrogen-bond donors (Lipinski definition) is 1. The third-order valence-corrected chi connectivity index (χ3v) is 2.93. The van der Waals surface area contributed by atoms with Gasteiger partial charge in [0, 0.05) is 0 Å². The molecule has 1 nitrogen and oxygen atoms in total. The Hall–Kier alpha value is -0.110. The van der Waals surface area contributed by atoms with Gasteiger partial charge in [-0.15, -0.1) is 0 Å². The fourth-order valence-electron chi connectivity index (χ4n) is 2.51. The largest absolute Gasteiger partial charge is 0.393 e. The number of aliphatic hydroxyl groups excluding tert-OH is 1. The van der Waals surface area contributed by atoms with E-state index < -0.39 is 6.17 Å².